The smallest absolute Gasteiger partial charge is 0.140 e. The molecule has 0 N–H and O–H groups in total. The minimum absolute atomic E-state index is 0.629. The molecule has 0 atom stereocenters. The zero-order chi connectivity index (χ0) is 13.2. The molecule has 2 aromatic heterocycles. The number of hydrogen-bond donors (Lipinski definition) is 0. The van der Waals surface area contributed by atoms with Crippen LogP contribution in [0, 0.1) is 6.92 Å². The first-order valence-electron chi connectivity index (χ1n) is 6.97. The van der Waals surface area contributed by atoms with Crippen molar-refractivity contribution in [2.45, 2.75) is 45.7 Å². The normalized spacial score (nSPS) is 15.3. The molecular weight excluding hydrogens is 240 g/mol. The Balaban J connectivity index is 1.61. The summed E-state index contributed by atoms with van der Waals surface area (Å²) < 4.78 is 11.0. The quantitative estimate of drug-likeness (QED) is 0.797. The van der Waals surface area contributed by atoms with Gasteiger partial charge in [0, 0.05) is 18.5 Å². The third-order valence-electron chi connectivity index (χ3n) is 3.57. The lowest BCUT2D eigenvalue weighted by atomic mass is 10.2. The fourth-order valence-corrected chi connectivity index (χ4v) is 2.26. The van der Waals surface area contributed by atoms with Gasteiger partial charge in [0.2, 0.25) is 0 Å². The molecule has 4 heteroatoms. The van der Waals surface area contributed by atoms with Gasteiger partial charge in [0.05, 0.1) is 12.2 Å². The van der Waals surface area contributed by atoms with Crippen LogP contribution >= 0.6 is 0 Å². The molecule has 4 nitrogen and oxygen atoms in total. The molecule has 1 aliphatic rings. The zero-order valence-corrected chi connectivity index (χ0v) is 11.6. The van der Waals surface area contributed by atoms with Crippen molar-refractivity contribution in [3.8, 4) is 0 Å². The molecule has 0 saturated heterocycles. The molecule has 1 aliphatic carbocycles. The molecule has 1 fully saturated rings. The summed E-state index contributed by atoms with van der Waals surface area (Å²) in [5.41, 5.74) is 1.02. The second-order valence-electron chi connectivity index (χ2n) is 5.31. The monoisotopic (exact) mass is 260 g/mol. The fraction of sp³-hybridized carbons (Fsp3) is 0.533. The molecule has 2 heterocycles. The van der Waals surface area contributed by atoms with Gasteiger partial charge in [0.1, 0.15) is 17.3 Å². The number of rotatable bonds is 6. The summed E-state index contributed by atoms with van der Waals surface area (Å²) in [6.45, 7) is 6.71. The maximum absolute atomic E-state index is 5.62. The van der Waals surface area contributed by atoms with Crippen molar-refractivity contribution in [2.24, 2.45) is 0 Å². The van der Waals surface area contributed by atoms with Gasteiger partial charge in [-0.15, -0.1) is 0 Å². The third-order valence-corrected chi connectivity index (χ3v) is 3.57. The fourth-order valence-electron chi connectivity index (χ4n) is 2.26. The molecule has 0 aromatic carbocycles. The molecule has 0 spiro atoms. The van der Waals surface area contributed by atoms with E-state index in [1.165, 1.54) is 12.8 Å². The van der Waals surface area contributed by atoms with Crippen LogP contribution in [0.2, 0.25) is 0 Å². The molecule has 0 bridgehead atoms. The lowest BCUT2D eigenvalue weighted by molar-refractivity contribution is 0.238. The van der Waals surface area contributed by atoms with Gasteiger partial charge in [-0.2, -0.15) is 0 Å². The van der Waals surface area contributed by atoms with E-state index >= 15 is 0 Å². The van der Waals surface area contributed by atoms with Crippen LogP contribution in [-0.2, 0) is 13.1 Å². The van der Waals surface area contributed by atoms with Gasteiger partial charge in [0.25, 0.3) is 0 Å². The Morgan fingerprint density at radius 3 is 2.79 bits per heavy atom. The average Bonchev–Trinajstić information content (AvgIpc) is 3.02. The van der Waals surface area contributed by atoms with E-state index in [2.05, 4.69) is 23.0 Å². The van der Waals surface area contributed by atoms with Gasteiger partial charge in [-0.05, 0) is 38.4 Å². The van der Waals surface area contributed by atoms with E-state index in [1.807, 2.05) is 19.1 Å². The molecular formula is C15H20N2O2. The van der Waals surface area contributed by atoms with Crippen molar-refractivity contribution in [1.29, 1.82) is 0 Å². The molecule has 0 unspecified atom stereocenters. The van der Waals surface area contributed by atoms with Crippen LogP contribution in [0.1, 0.15) is 48.7 Å². The summed E-state index contributed by atoms with van der Waals surface area (Å²) in [5.74, 6) is 3.65. The first-order valence-corrected chi connectivity index (χ1v) is 6.97. The van der Waals surface area contributed by atoms with Crippen molar-refractivity contribution in [3.63, 3.8) is 0 Å². The lowest BCUT2D eigenvalue weighted by Gasteiger charge is -2.17. The maximum atomic E-state index is 5.62. The van der Waals surface area contributed by atoms with Crippen molar-refractivity contribution in [1.82, 2.24) is 10.1 Å². The largest absolute Gasteiger partial charge is 0.465 e. The molecule has 2 aromatic rings. The molecule has 19 heavy (non-hydrogen) atoms. The van der Waals surface area contributed by atoms with E-state index in [4.69, 9.17) is 8.94 Å². The highest BCUT2D eigenvalue weighted by Gasteiger charge is 2.28. The van der Waals surface area contributed by atoms with Crippen LogP contribution in [-0.4, -0.2) is 16.6 Å². The number of hydrogen-bond acceptors (Lipinski definition) is 4. The molecule has 0 radical (unpaired) electrons. The van der Waals surface area contributed by atoms with E-state index < -0.39 is 0 Å². The van der Waals surface area contributed by atoms with E-state index in [-0.39, 0.29) is 0 Å². The number of nitrogens with zero attached hydrogens (tertiary/aromatic N) is 2. The first-order chi connectivity index (χ1) is 9.24. The predicted molar refractivity (Wildman–Crippen MR) is 71.7 cm³/mol. The molecule has 0 amide bonds. The van der Waals surface area contributed by atoms with Crippen LogP contribution in [0.15, 0.2) is 27.1 Å². The molecule has 0 aliphatic heterocycles. The first kappa shape index (κ1) is 12.5. The van der Waals surface area contributed by atoms with Crippen molar-refractivity contribution >= 4 is 0 Å². The Morgan fingerprint density at radius 2 is 2.16 bits per heavy atom. The van der Waals surface area contributed by atoms with Crippen LogP contribution in [0.3, 0.4) is 0 Å². The number of aryl methyl sites for hydroxylation is 1. The summed E-state index contributed by atoms with van der Waals surface area (Å²) in [5, 5.41) is 4.16. The molecule has 3 rings (SSSR count). The Morgan fingerprint density at radius 1 is 1.32 bits per heavy atom. The summed E-state index contributed by atoms with van der Waals surface area (Å²) in [6, 6.07) is 6.15. The number of furan rings is 1. The Labute approximate surface area is 113 Å². The summed E-state index contributed by atoms with van der Waals surface area (Å²) in [6.07, 6.45) is 2.50. The molecule has 1 saturated carbocycles. The second kappa shape index (κ2) is 5.21. The highest BCUT2D eigenvalue weighted by molar-refractivity contribution is 5.14. The van der Waals surface area contributed by atoms with Gasteiger partial charge >= 0.3 is 0 Å². The standard InChI is InChI=1S/C15H20N2O2/c1-3-17(10-14-7-4-11(2)18-14)9-13-8-15(19-16-13)12-5-6-12/h4,7-8,12H,3,5-6,9-10H2,1-2H3. The van der Waals surface area contributed by atoms with Crippen molar-refractivity contribution in [3.05, 3.63) is 41.2 Å². The van der Waals surface area contributed by atoms with Crippen LogP contribution < -0.4 is 0 Å². The van der Waals surface area contributed by atoms with Gasteiger partial charge in [0.15, 0.2) is 0 Å². The van der Waals surface area contributed by atoms with Crippen molar-refractivity contribution < 1.29 is 8.94 Å². The van der Waals surface area contributed by atoms with Crippen LogP contribution in [0.5, 0.6) is 0 Å². The zero-order valence-electron chi connectivity index (χ0n) is 11.6. The van der Waals surface area contributed by atoms with Gasteiger partial charge in [-0.25, -0.2) is 0 Å². The highest BCUT2D eigenvalue weighted by Crippen LogP contribution is 2.40. The van der Waals surface area contributed by atoms with Gasteiger partial charge in [-0.1, -0.05) is 12.1 Å². The highest BCUT2D eigenvalue weighted by atomic mass is 16.5. The predicted octanol–water partition coefficient (Wildman–Crippen LogP) is 3.48. The maximum Gasteiger partial charge on any atom is 0.140 e. The summed E-state index contributed by atoms with van der Waals surface area (Å²) in [7, 11) is 0. The third kappa shape index (κ3) is 3.07. The van der Waals surface area contributed by atoms with Crippen LogP contribution in [0.25, 0.3) is 0 Å². The second-order valence-corrected chi connectivity index (χ2v) is 5.31. The minimum atomic E-state index is 0.629. The lowest BCUT2D eigenvalue weighted by Crippen LogP contribution is -2.22. The van der Waals surface area contributed by atoms with Crippen molar-refractivity contribution in [2.75, 3.05) is 6.54 Å². The average molecular weight is 260 g/mol. The van der Waals surface area contributed by atoms with E-state index in [0.717, 1.165) is 42.6 Å². The SMILES string of the molecule is CCN(Cc1cc(C2CC2)on1)Cc1ccc(C)o1. The Bertz CT molecular complexity index is 540. The summed E-state index contributed by atoms with van der Waals surface area (Å²) in [4.78, 5) is 2.30. The Kier molecular flexibility index (Phi) is 3.42. The Hall–Kier alpha value is -1.55. The van der Waals surface area contributed by atoms with E-state index in [9.17, 15) is 0 Å². The van der Waals surface area contributed by atoms with E-state index in [0.29, 0.717) is 5.92 Å². The van der Waals surface area contributed by atoms with Gasteiger partial charge in [-0.3, -0.25) is 4.90 Å². The topological polar surface area (TPSA) is 42.4 Å². The molecule has 102 valence electrons. The van der Waals surface area contributed by atoms with Gasteiger partial charge < -0.3 is 8.94 Å². The number of aromatic nitrogens is 1. The minimum Gasteiger partial charge on any atom is -0.465 e. The van der Waals surface area contributed by atoms with Crippen LogP contribution in [0.4, 0.5) is 0 Å². The van der Waals surface area contributed by atoms with E-state index in [1.54, 1.807) is 0 Å². The summed E-state index contributed by atoms with van der Waals surface area (Å²) >= 11 is 0.